The van der Waals surface area contributed by atoms with Crippen molar-refractivity contribution in [3.63, 3.8) is 0 Å². The summed E-state index contributed by atoms with van der Waals surface area (Å²) in [5.41, 5.74) is 2.05. The summed E-state index contributed by atoms with van der Waals surface area (Å²) >= 11 is 0. The van der Waals surface area contributed by atoms with Gasteiger partial charge in [0.2, 0.25) is 0 Å². The first-order chi connectivity index (χ1) is 14.4. The number of carbonyl (C=O) groups is 1. The summed E-state index contributed by atoms with van der Waals surface area (Å²) in [6.45, 7) is 7.38. The molecule has 1 saturated heterocycles. The van der Waals surface area contributed by atoms with Crippen LogP contribution in [0.25, 0.3) is 0 Å². The Bertz CT molecular complexity index is 852. The number of alkyl carbamates (subject to hydrolysis) is 1. The highest BCUT2D eigenvalue weighted by molar-refractivity contribution is 6.06. The van der Waals surface area contributed by atoms with Crippen LogP contribution in [0.3, 0.4) is 0 Å². The molecule has 160 valence electrons. The summed E-state index contributed by atoms with van der Waals surface area (Å²) in [7, 11) is 1.64. The summed E-state index contributed by atoms with van der Waals surface area (Å²) in [4.78, 5) is 12.7. The Hall–Kier alpha value is -3.02. The fourth-order valence-corrected chi connectivity index (χ4v) is 3.38. The van der Waals surface area contributed by atoms with E-state index in [2.05, 4.69) is 10.3 Å². The molecule has 0 spiro atoms. The number of ether oxygens (including phenoxy) is 2. The highest BCUT2D eigenvalue weighted by Crippen LogP contribution is 2.24. The second kappa shape index (κ2) is 9.65. The molecular formula is C24H31N3O3. The van der Waals surface area contributed by atoms with Crippen LogP contribution in [0.5, 0.6) is 5.75 Å². The summed E-state index contributed by atoms with van der Waals surface area (Å²) in [5.74, 6) is 0.774. The molecule has 30 heavy (non-hydrogen) atoms. The summed E-state index contributed by atoms with van der Waals surface area (Å²) in [5, 5.41) is 10.1. The average molecular weight is 410 g/mol. The van der Waals surface area contributed by atoms with Crippen molar-refractivity contribution in [2.24, 2.45) is 5.10 Å². The molecule has 1 amide bonds. The second-order valence-electron chi connectivity index (χ2n) is 8.36. The lowest BCUT2D eigenvalue weighted by atomic mass is 9.96. The van der Waals surface area contributed by atoms with E-state index in [4.69, 9.17) is 14.6 Å². The lowest BCUT2D eigenvalue weighted by molar-refractivity contribution is 0.0517. The molecule has 1 atom stereocenters. The van der Waals surface area contributed by atoms with Gasteiger partial charge >= 0.3 is 6.09 Å². The Balaban J connectivity index is 2.01. The molecule has 0 saturated carbocycles. The van der Waals surface area contributed by atoms with Crippen LogP contribution in [0, 0.1) is 0 Å². The second-order valence-corrected chi connectivity index (χ2v) is 8.36. The highest BCUT2D eigenvalue weighted by atomic mass is 16.6. The van der Waals surface area contributed by atoms with E-state index in [9.17, 15) is 4.79 Å². The zero-order valence-corrected chi connectivity index (χ0v) is 18.2. The molecular weight excluding hydrogens is 378 g/mol. The number of nitrogens with one attached hydrogen (secondary N) is 1. The zero-order chi connectivity index (χ0) is 21.6. The Morgan fingerprint density at radius 1 is 1.03 bits per heavy atom. The molecule has 0 aliphatic carbocycles. The molecule has 6 heteroatoms. The van der Waals surface area contributed by atoms with Crippen molar-refractivity contribution in [1.82, 2.24) is 10.3 Å². The Kier molecular flexibility index (Phi) is 6.98. The number of rotatable bonds is 6. The third-order valence-corrected chi connectivity index (χ3v) is 4.78. The zero-order valence-electron chi connectivity index (χ0n) is 18.2. The molecule has 1 aliphatic heterocycles. The first-order valence-electron chi connectivity index (χ1n) is 10.4. The van der Waals surface area contributed by atoms with Gasteiger partial charge < -0.3 is 14.8 Å². The fourth-order valence-electron chi connectivity index (χ4n) is 3.38. The van der Waals surface area contributed by atoms with Gasteiger partial charge in [0.25, 0.3) is 0 Å². The third-order valence-electron chi connectivity index (χ3n) is 4.78. The van der Waals surface area contributed by atoms with Crippen LogP contribution in [-0.4, -0.2) is 42.6 Å². The maximum atomic E-state index is 12.7. The number of carbonyl (C=O) groups excluding carboxylic acids is 1. The van der Waals surface area contributed by atoms with Gasteiger partial charge in [-0.15, -0.1) is 0 Å². The van der Waals surface area contributed by atoms with Crippen LogP contribution in [0.2, 0.25) is 0 Å². The van der Waals surface area contributed by atoms with Crippen molar-refractivity contribution in [2.75, 3.05) is 20.2 Å². The van der Waals surface area contributed by atoms with E-state index < -0.39 is 17.7 Å². The molecule has 2 aromatic carbocycles. The topological polar surface area (TPSA) is 63.2 Å². The van der Waals surface area contributed by atoms with Gasteiger partial charge in [-0.05, 0) is 63.4 Å². The maximum absolute atomic E-state index is 12.7. The van der Waals surface area contributed by atoms with Crippen molar-refractivity contribution < 1.29 is 14.3 Å². The molecule has 2 aromatic rings. The number of benzene rings is 2. The van der Waals surface area contributed by atoms with Gasteiger partial charge in [-0.25, -0.2) is 4.79 Å². The molecule has 1 N–H and O–H groups in total. The van der Waals surface area contributed by atoms with Crippen molar-refractivity contribution in [3.05, 3.63) is 65.7 Å². The van der Waals surface area contributed by atoms with E-state index in [0.29, 0.717) is 0 Å². The van der Waals surface area contributed by atoms with Crippen molar-refractivity contribution in [3.8, 4) is 5.75 Å². The van der Waals surface area contributed by atoms with Gasteiger partial charge in [-0.2, -0.15) is 5.10 Å². The van der Waals surface area contributed by atoms with E-state index in [-0.39, 0.29) is 0 Å². The molecule has 0 unspecified atom stereocenters. The van der Waals surface area contributed by atoms with Crippen LogP contribution >= 0.6 is 0 Å². The minimum atomic E-state index is -0.586. The predicted molar refractivity (Wildman–Crippen MR) is 119 cm³/mol. The lowest BCUT2D eigenvalue weighted by Gasteiger charge is -2.26. The quantitative estimate of drug-likeness (QED) is 0.699. The Morgan fingerprint density at radius 3 is 2.23 bits per heavy atom. The van der Waals surface area contributed by atoms with Crippen LogP contribution < -0.4 is 10.1 Å². The number of amides is 1. The Labute approximate surface area is 178 Å². The summed E-state index contributed by atoms with van der Waals surface area (Å²) in [6.07, 6.45) is 1.77. The minimum Gasteiger partial charge on any atom is -0.497 e. The van der Waals surface area contributed by atoms with Crippen LogP contribution in [0.15, 0.2) is 59.7 Å². The molecule has 1 aliphatic rings. The van der Waals surface area contributed by atoms with Gasteiger partial charge in [-0.1, -0.05) is 30.3 Å². The normalized spacial score (nSPS) is 15.6. The van der Waals surface area contributed by atoms with Crippen molar-refractivity contribution in [1.29, 1.82) is 0 Å². The number of methoxy groups -OCH3 is 1. The molecule has 1 fully saturated rings. The monoisotopic (exact) mass is 409 g/mol. The fraction of sp³-hybridized carbons (Fsp3) is 0.417. The number of hydrogen-bond donors (Lipinski definition) is 1. The first-order valence-corrected chi connectivity index (χ1v) is 10.4. The van der Waals surface area contributed by atoms with Gasteiger partial charge in [0.05, 0.1) is 12.8 Å². The highest BCUT2D eigenvalue weighted by Gasteiger charge is 2.26. The summed E-state index contributed by atoms with van der Waals surface area (Å²) in [6, 6.07) is 17.2. The van der Waals surface area contributed by atoms with Gasteiger partial charge in [0.1, 0.15) is 17.4 Å². The van der Waals surface area contributed by atoms with Gasteiger partial charge in [0, 0.05) is 18.7 Å². The van der Waals surface area contributed by atoms with Crippen LogP contribution in [-0.2, 0) is 4.74 Å². The van der Waals surface area contributed by atoms with Crippen LogP contribution in [0.4, 0.5) is 4.79 Å². The SMILES string of the molecule is COc1ccc(/C(=N\N2CCCC2)[C@H](NC(=O)OC(C)(C)C)c2ccccc2)cc1. The average Bonchev–Trinajstić information content (AvgIpc) is 3.23. The van der Waals surface area contributed by atoms with E-state index in [1.165, 1.54) is 0 Å². The van der Waals surface area contributed by atoms with E-state index in [0.717, 1.165) is 48.5 Å². The maximum Gasteiger partial charge on any atom is 0.408 e. The molecule has 0 radical (unpaired) electrons. The third kappa shape index (κ3) is 5.99. The number of hydrogen-bond acceptors (Lipinski definition) is 5. The van der Waals surface area contributed by atoms with E-state index in [1.807, 2.05) is 75.4 Å². The van der Waals surface area contributed by atoms with E-state index >= 15 is 0 Å². The largest absolute Gasteiger partial charge is 0.497 e. The van der Waals surface area contributed by atoms with Crippen molar-refractivity contribution in [2.45, 2.75) is 45.3 Å². The molecule has 0 bridgehead atoms. The standard InChI is InChI=1S/C24H31N3O3/c1-24(2,3)30-23(28)25-21(18-10-6-5-7-11-18)22(26-27-16-8-9-17-27)19-12-14-20(29-4)15-13-19/h5-7,10-15,21H,8-9,16-17H2,1-4H3,(H,25,28)/b26-22+/t21-/m1/s1. The lowest BCUT2D eigenvalue weighted by Crippen LogP contribution is -2.39. The molecule has 3 rings (SSSR count). The number of nitrogens with zero attached hydrogens (tertiary/aromatic N) is 2. The van der Waals surface area contributed by atoms with Crippen LogP contribution in [0.1, 0.15) is 50.8 Å². The minimum absolute atomic E-state index is 0.449. The Morgan fingerprint density at radius 2 is 1.67 bits per heavy atom. The predicted octanol–water partition coefficient (Wildman–Crippen LogP) is 4.76. The van der Waals surface area contributed by atoms with Gasteiger partial charge in [0.15, 0.2) is 0 Å². The van der Waals surface area contributed by atoms with E-state index in [1.54, 1.807) is 7.11 Å². The first kappa shape index (κ1) is 21.7. The molecule has 1 heterocycles. The molecule has 0 aromatic heterocycles. The van der Waals surface area contributed by atoms with Crippen molar-refractivity contribution >= 4 is 11.8 Å². The molecule has 6 nitrogen and oxygen atoms in total. The number of hydrazone groups is 1. The smallest absolute Gasteiger partial charge is 0.408 e. The summed E-state index contributed by atoms with van der Waals surface area (Å²) < 4.78 is 10.9. The van der Waals surface area contributed by atoms with Gasteiger partial charge in [-0.3, -0.25) is 5.01 Å².